The van der Waals surface area contributed by atoms with E-state index in [9.17, 15) is 18.0 Å². The molecule has 0 aromatic carbocycles. The van der Waals surface area contributed by atoms with E-state index in [-0.39, 0.29) is 24.8 Å². The third-order valence-electron chi connectivity index (χ3n) is 4.71. The van der Waals surface area contributed by atoms with E-state index in [2.05, 4.69) is 30.5 Å². The van der Waals surface area contributed by atoms with Crippen LogP contribution in [0, 0.1) is 13.8 Å². The van der Waals surface area contributed by atoms with Crippen LogP contribution in [0.3, 0.4) is 0 Å². The number of nitrogens with zero attached hydrogens (tertiary/aromatic N) is 6. The largest absolute Gasteiger partial charge is 0.468 e. The number of amides is 1. The van der Waals surface area contributed by atoms with Gasteiger partial charge in [-0.15, -0.1) is 0 Å². The van der Waals surface area contributed by atoms with Gasteiger partial charge in [0, 0.05) is 36.5 Å². The molecule has 4 aromatic heterocycles. The van der Waals surface area contributed by atoms with Crippen LogP contribution in [-0.4, -0.2) is 48.6 Å². The topological polar surface area (TPSA) is 121 Å². The van der Waals surface area contributed by atoms with Crippen LogP contribution in [0.5, 0.6) is 5.88 Å². The van der Waals surface area contributed by atoms with Gasteiger partial charge in [0.1, 0.15) is 0 Å². The first kappa shape index (κ1) is 23.1. The zero-order valence-electron chi connectivity index (χ0n) is 18.3. The summed E-state index contributed by atoms with van der Waals surface area (Å²) in [6, 6.07) is 3.42. The monoisotopic (exact) mass is 475 g/mol. The molecule has 34 heavy (non-hydrogen) atoms. The molecule has 0 radical (unpaired) electrons. The van der Waals surface area contributed by atoms with Gasteiger partial charge in [-0.2, -0.15) is 23.3 Å². The van der Waals surface area contributed by atoms with Gasteiger partial charge in [0.05, 0.1) is 30.7 Å². The fourth-order valence-corrected chi connectivity index (χ4v) is 3.27. The van der Waals surface area contributed by atoms with Crippen LogP contribution < -0.4 is 10.1 Å². The Kier molecular flexibility index (Phi) is 6.43. The summed E-state index contributed by atoms with van der Waals surface area (Å²) >= 11 is 0. The molecule has 1 N–H and O–H groups in total. The predicted molar refractivity (Wildman–Crippen MR) is 112 cm³/mol. The van der Waals surface area contributed by atoms with E-state index in [4.69, 9.17) is 9.26 Å². The summed E-state index contributed by atoms with van der Waals surface area (Å²) < 4.78 is 48.4. The molecule has 0 unspecified atom stereocenters. The molecule has 0 spiro atoms. The summed E-state index contributed by atoms with van der Waals surface area (Å²) in [6.07, 6.45) is 0.375. The molecular weight excluding hydrogens is 455 g/mol. The fraction of sp³-hybridized carbons (Fsp3) is 0.333. The number of hydrogen-bond acceptors (Lipinski definition) is 8. The number of aryl methyl sites for hydroxylation is 2. The average Bonchev–Trinajstić information content (AvgIpc) is 3.37. The van der Waals surface area contributed by atoms with Gasteiger partial charge >= 0.3 is 6.18 Å². The van der Waals surface area contributed by atoms with Crippen LogP contribution in [0.15, 0.2) is 35.2 Å². The normalized spacial score (nSPS) is 11.7. The van der Waals surface area contributed by atoms with Gasteiger partial charge in [-0.05, 0) is 24.6 Å². The maximum Gasteiger partial charge on any atom is 0.422 e. The Bertz CT molecular complexity index is 1320. The minimum Gasteiger partial charge on any atom is -0.468 e. The zero-order chi connectivity index (χ0) is 24.3. The highest BCUT2D eigenvalue weighted by molar-refractivity contribution is 5.86. The second-order valence-corrected chi connectivity index (χ2v) is 7.57. The highest BCUT2D eigenvalue weighted by Crippen LogP contribution is 2.21. The van der Waals surface area contributed by atoms with Crippen molar-refractivity contribution >= 4 is 16.8 Å². The van der Waals surface area contributed by atoms with Crippen molar-refractivity contribution in [3.63, 3.8) is 0 Å². The Morgan fingerprint density at radius 2 is 2.09 bits per heavy atom. The van der Waals surface area contributed by atoms with Crippen LogP contribution in [-0.2, 0) is 24.3 Å². The number of pyridine rings is 2. The quantitative estimate of drug-likeness (QED) is 0.413. The standard InChI is InChI=1S/C21H20F3N7O3/c1-12-5-14(7-27-20(12)33-11-21(22,23)24)9-31-10-15-16(29-31)3-4-25-17(15)6-19(32)26-8-18-28-13(2)34-30-18/h3-5,7,10H,6,8-9,11H2,1-2H3,(H,26,32). The predicted octanol–water partition coefficient (Wildman–Crippen LogP) is 2.67. The number of fused-ring (bicyclic) bond motifs is 1. The molecule has 0 aliphatic rings. The molecular formula is C21H20F3N7O3. The summed E-state index contributed by atoms with van der Waals surface area (Å²) in [5, 5.41) is 11.7. The molecule has 10 nitrogen and oxygen atoms in total. The van der Waals surface area contributed by atoms with Crippen LogP contribution in [0.4, 0.5) is 13.2 Å². The lowest BCUT2D eigenvalue weighted by molar-refractivity contribution is -0.154. The van der Waals surface area contributed by atoms with Crippen LogP contribution in [0.1, 0.15) is 28.5 Å². The summed E-state index contributed by atoms with van der Waals surface area (Å²) in [5.41, 5.74) is 2.42. The molecule has 0 atom stereocenters. The Hall–Kier alpha value is -4.03. The Balaban J connectivity index is 1.43. The van der Waals surface area contributed by atoms with E-state index in [0.29, 0.717) is 40.4 Å². The Morgan fingerprint density at radius 1 is 1.26 bits per heavy atom. The van der Waals surface area contributed by atoms with Crippen molar-refractivity contribution in [1.29, 1.82) is 0 Å². The molecule has 0 saturated heterocycles. The van der Waals surface area contributed by atoms with Gasteiger partial charge in [-0.3, -0.25) is 14.5 Å². The van der Waals surface area contributed by atoms with Crippen molar-refractivity contribution in [2.24, 2.45) is 0 Å². The number of aromatic nitrogens is 6. The van der Waals surface area contributed by atoms with Crippen LogP contribution in [0.25, 0.3) is 10.9 Å². The highest BCUT2D eigenvalue weighted by atomic mass is 19.4. The molecule has 178 valence electrons. The molecule has 13 heteroatoms. The minimum atomic E-state index is -4.43. The Morgan fingerprint density at radius 3 is 2.79 bits per heavy atom. The van der Waals surface area contributed by atoms with Crippen LogP contribution in [0.2, 0.25) is 0 Å². The van der Waals surface area contributed by atoms with Crippen molar-refractivity contribution in [3.05, 3.63) is 59.3 Å². The first-order valence-corrected chi connectivity index (χ1v) is 10.2. The molecule has 0 aliphatic heterocycles. The number of rotatable bonds is 8. The number of ether oxygens (including phenoxy) is 1. The maximum atomic E-state index is 12.4. The van der Waals surface area contributed by atoms with Gasteiger partial charge < -0.3 is 14.6 Å². The van der Waals surface area contributed by atoms with E-state index in [1.54, 1.807) is 43.1 Å². The number of alkyl halides is 3. The number of carbonyl (C=O) groups excluding carboxylic acids is 1. The van der Waals surface area contributed by atoms with Crippen molar-refractivity contribution in [2.75, 3.05) is 6.61 Å². The lowest BCUT2D eigenvalue weighted by Crippen LogP contribution is -2.25. The van der Waals surface area contributed by atoms with E-state index >= 15 is 0 Å². The summed E-state index contributed by atoms with van der Waals surface area (Å²) in [5.74, 6) is 0.463. The van der Waals surface area contributed by atoms with Crippen molar-refractivity contribution < 1.29 is 27.2 Å². The van der Waals surface area contributed by atoms with Crippen molar-refractivity contribution in [1.82, 2.24) is 35.2 Å². The first-order chi connectivity index (χ1) is 16.2. The van der Waals surface area contributed by atoms with Crippen LogP contribution >= 0.6 is 0 Å². The maximum absolute atomic E-state index is 12.4. The highest BCUT2D eigenvalue weighted by Gasteiger charge is 2.29. The lowest BCUT2D eigenvalue weighted by Gasteiger charge is -2.11. The summed E-state index contributed by atoms with van der Waals surface area (Å²) in [6.45, 7) is 2.35. The zero-order valence-corrected chi connectivity index (χ0v) is 18.3. The van der Waals surface area contributed by atoms with Gasteiger partial charge in [-0.25, -0.2) is 4.98 Å². The lowest BCUT2D eigenvalue weighted by atomic mass is 10.2. The van der Waals surface area contributed by atoms with Gasteiger partial charge in [0.25, 0.3) is 0 Å². The SMILES string of the molecule is Cc1nc(CNC(=O)Cc2nccc3nn(Cc4cnc(OCC(F)(F)F)c(C)c4)cc23)no1. The molecule has 0 saturated carbocycles. The second-order valence-electron chi connectivity index (χ2n) is 7.57. The number of carbonyl (C=O) groups is 1. The molecule has 1 amide bonds. The van der Waals surface area contributed by atoms with E-state index in [1.165, 1.54) is 6.20 Å². The number of halogens is 3. The third kappa shape index (κ3) is 5.85. The summed E-state index contributed by atoms with van der Waals surface area (Å²) in [7, 11) is 0. The molecule has 4 aromatic rings. The first-order valence-electron chi connectivity index (χ1n) is 10.2. The average molecular weight is 475 g/mol. The van der Waals surface area contributed by atoms with Crippen molar-refractivity contribution in [2.45, 2.75) is 39.5 Å². The molecule has 4 heterocycles. The molecule has 0 aliphatic carbocycles. The van der Waals surface area contributed by atoms with Gasteiger partial charge in [-0.1, -0.05) is 5.16 Å². The van der Waals surface area contributed by atoms with Crippen molar-refractivity contribution in [3.8, 4) is 5.88 Å². The molecule has 0 fully saturated rings. The number of nitrogens with one attached hydrogen (secondary N) is 1. The summed E-state index contributed by atoms with van der Waals surface area (Å²) in [4.78, 5) is 24.7. The fourth-order valence-electron chi connectivity index (χ4n) is 3.27. The molecule has 4 rings (SSSR count). The van der Waals surface area contributed by atoms with E-state index < -0.39 is 12.8 Å². The van der Waals surface area contributed by atoms with E-state index in [0.717, 1.165) is 5.56 Å². The smallest absolute Gasteiger partial charge is 0.422 e. The van der Waals surface area contributed by atoms with Gasteiger partial charge in [0.2, 0.25) is 17.7 Å². The number of hydrogen-bond donors (Lipinski definition) is 1. The third-order valence-corrected chi connectivity index (χ3v) is 4.71. The second kappa shape index (κ2) is 9.45. The van der Waals surface area contributed by atoms with Gasteiger partial charge in [0.15, 0.2) is 12.4 Å². The Labute approximate surface area is 191 Å². The molecule has 0 bridgehead atoms. The van der Waals surface area contributed by atoms with E-state index in [1.807, 2.05) is 0 Å². The minimum absolute atomic E-state index is 0.0335.